The molecule has 0 aliphatic rings. The maximum absolute atomic E-state index is 12.6. The van der Waals surface area contributed by atoms with Crippen molar-refractivity contribution in [2.45, 2.75) is 16.8 Å². The Morgan fingerprint density at radius 2 is 1.82 bits per heavy atom. The summed E-state index contributed by atoms with van der Waals surface area (Å²) in [6.07, 6.45) is -3.41. The number of alkyl halides is 3. The first-order valence-electron chi connectivity index (χ1n) is 5.79. The highest BCUT2D eigenvalue weighted by molar-refractivity contribution is 7.90. The summed E-state index contributed by atoms with van der Waals surface area (Å²) in [7, 11) is -4.02. The zero-order valence-corrected chi connectivity index (χ0v) is 13.1. The van der Waals surface area contributed by atoms with Crippen LogP contribution >= 0.6 is 23.2 Å². The van der Waals surface area contributed by atoms with Crippen LogP contribution in [-0.4, -0.2) is 13.4 Å². The number of halogens is 5. The molecule has 0 saturated carbocycles. The van der Waals surface area contributed by atoms with Crippen LogP contribution in [0.4, 0.5) is 13.2 Å². The molecule has 0 saturated heterocycles. The van der Waals surface area contributed by atoms with E-state index in [1.807, 2.05) is 0 Å². The predicted octanol–water partition coefficient (Wildman–Crippen LogP) is 4.38. The number of rotatable bonds is 3. The molecule has 0 unspecified atom stereocenters. The molecule has 1 heterocycles. The van der Waals surface area contributed by atoms with Gasteiger partial charge in [-0.05, 0) is 24.3 Å². The third-order valence-electron chi connectivity index (χ3n) is 2.73. The second kappa shape index (κ2) is 6.06. The second-order valence-corrected chi connectivity index (χ2v) is 7.20. The third kappa shape index (κ3) is 3.91. The van der Waals surface area contributed by atoms with Crippen molar-refractivity contribution in [1.29, 1.82) is 0 Å². The number of aromatic nitrogens is 1. The van der Waals surface area contributed by atoms with Gasteiger partial charge in [0.15, 0.2) is 9.84 Å². The van der Waals surface area contributed by atoms with Crippen LogP contribution in [0.15, 0.2) is 41.4 Å². The lowest BCUT2D eigenvalue weighted by atomic mass is 10.2. The van der Waals surface area contributed by atoms with Crippen LogP contribution in [0.5, 0.6) is 0 Å². The lowest BCUT2D eigenvalue weighted by Gasteiger charge is -2.10. The molecular weight excluding hydrogens is 362 g/mol. The van der Waals surface area contributed by atoms with E-state index >= 15 is 0 Å². The van der Waals surface area contributed by atoms with Gasteiger partial charge in [0, 0.05) is 6.20 Å². The molecule has 0 atom stereocenters. The summed E-state index contributed by atoms with van der Waals surface area (Å²) in [6.45, 7) is 0. The number of pyridine rings is 1. The van der Waals surface area contributed by atoms with Gasteiger partial charge >= 0.3 is 6.18 Å². The largest absolute Gasteiger partial charge is 0.416 e. The molecule has 1 aromatic heterocycles. The van der Waals surface area contributed by atoms with E-state index in [1.165, 1.54) is 12.3 Å². The van der Waals surface area contributed by atoms with Crippen LogP contribution < -0.4 is 0 Å². The van der Waals surface area contributed by atoms with Crippen LogP contribution in [0.3, 0.4) is 0 Å². The minimum atomic E-state index is -4.62. The molecule has 3 nitrogen and oxygen atoms in total. The average Bonchev–Trinajstić information content (AvgIpc) is 2.41. The van der Waals surface area contributed by atoms with Gasteiger partial charge in [0.25, 0.3) is 0 Å². The molecule has 0 aliphatic heterocycles. The molecule has 0 N–H and O–H groups in total. The Morgan fingerprint density at radius 3 is 2.41 bits per heavy atom. The molecule has 9 heteroatoms. The third-order valence-corrected chi connectivity index (χ3v) is 4.89. The van der Waals surface area contributed by atoms with E-state index < -0.39 is 32.2 Å². The van der Waals surface area contributed by atoms with E-state index in [9.17, 15) is 21.6 Å². The Hall–Kier alpha value is -1.31. The molecular formula is C13H8Cl2F3NO2S. The molecule has 0 spiro atoms. The first kappa shape index (κ1) is 17.1. The van der Waals surface area contributed by atoms with Gasteiger partial charge in [-0.2, -0.15) is 13.2 Å². The Labute approximate surface area is 134 Å². The van der Waals surface area contributed by atoms with Crippen molar-refractivity contribution in [2.75, 3.05) is 0 Å². The van der Waals surface area contributed by atoms with Crippen LogP contribution in [-0.2, 0) is 21.8 Å². The molecule has 0 aliphatic carbocycles. The van der Waals surface area contributed by atoms with Crippen LogP contribution in [0, 0.1) is 0 Å². The highest BCUT2D eigenvalue weighted by atomic mass is 35.5. The van der Waals surface area contributed by atoms with Crippen molar-refractivity contribution in [3.8, 4) is 0 Å². The predicted molar refractivity (Wildman–Crippen MR) is 76.6 cm³/mol. The molecule has 0 bridgehead atoms. The van der Waals surface area contributed by atoms with E-state index in [0.717, 1.165) is 18.2 Å². The van der Waals surface area contributed by atoms with Crippen molar-refractivity contribution in [3.63, 3.8) is 0 Å². The summed E-state index contributed by atoms with van der Waals surface area (Å²) in [6, 6.07) is 4.82. The zero-order chi connectivity index (χ0) is 16.5. The van der Waals surface area contributed by atoms with Gasteiger partial charge in [-0.3, -0.25) is 4.98 Å². The van der Waals surface area contributed by atoms with Gasteiger partial charge in [-0.15, -0.1) is 0 Å². The quantitative estimate of drug-likeness (QED) is 0.806. The van der Waals surface area contributed by atoms with E-state index in [1.54, 1.807) is 0 Å². The van der Waals surface area contributed by atoms with Crippen LogP contribution in [0.2, 0.25) is 10.0 Å². The van der Waals surface area contributed by atoms with Crippen molar-refractivity contribution < 1.29 is 21.6 Å². The molecule has 1 aromatic carbocycles. The molecule has 0 radical (unpaired) electrons. The summed E-state index contributed by atoms with van der Waals surface area (Å²) < 4.78 is 62.4. The van der Waals surface area contributed by atoms with Gasteiger partial charge in [0.1, 0.15) is 0 Å². The molecule has 2 rings (SSSR count). The molecule has 118 valence electrons. The Kier molecular flexibility index (Phi) is 4.70. The van der Waals surface area contributed by atoms with Gasteiger partial charge in [0.05, 0.1) is 32.0 Å². The number of benzene rings is 1. The minimum absolute atomic E-state index is 0.0171. The van der Waals surface area contributed by atoms with Crippen molar-refractivity contribution in [3.05, 3.63) is 57.8 Å². The monoisotopic (exact) mass is 369 g/mol. The smallest absolute Gasteiger partial charge is 0.257 e. The van der Waals surface area contributed by atoms with E-state index in [4.69, 9.17) is 23.2 Å². The summed E-state index contributed by atoms with van der Waals surface area (Å²) in [4.78, 5) is 3.35. The number of nitrogens with zero attached hydrogens (tertiary/aromatic N) is 1. The topological polar surface area (TPSA) is 47.0 Å². The Morgan fingerprint density at radius 1 is 1.14 bits per heavy atom. The lowest BCUT2D eigenvalue weighted by molar-refractivity contribution is -0.137. The highest BCUT2D eigenvalue weighted by Gasteiger charge is 2.31. The molecule has 0 fully saturated rings. The normalized spacial score (nSPS) is 12.4. The first-order valence-corrected chi connectivity index (χ1v) is 8.20. The minimum Gasteiger partial charge on any atom is -0.257 e. The van der Waals surface area contributed by atoms with E-state index in [2.05, 4.69) is 4.98 Å². The molecule has 22 heavy (non-hydrogen) atoms. The Bertz CT molecular complexity index is 807. The summed E-state index contributed by atoms with van der Waals surface area (Å²) >= 11 is 11.5. The fraction of sp³-hybridized carbons (Fsp3) is 0.154. The van der Waals surface area contributed by atoms with Gasteiger partial charge < -0.3 is 0 Å². The van der Waals surface area contributed by atoms with Gasteiger partial charge in [-0.1, -0.05) is 29.3 Å². The van der Waals surface area contributed by atoms with E-state index in [0.29, 0.717) is 6.07 Å². The standard InChI is InChI=1S/C13H8Cl2F3NO2S/c14-9-5-11(15)12(19-6-9)7-22(20,21)10-3-1-2-8(4-10)13(16,17)18/h1-6H,7H2. The molecule has 2 aromatic rings. The van der Waals surface area contributed by atoms with Crippen molar-refractivity contribution in [1.82, 2.24) is 4.98 Å². The van der Waals surface area contributed by atoms with Crippen LogP contribution in [0.1, 0.15) is 11.3 Å². The first-order chi connectivity index (χ1) is 10.1. The summed E-state index contributed by atoms with van der Waals surface area (Å²) in [5, 5.41) is 0.258. The lowest BCUT2D eigenvalue weighted by Crippen LogP contribution is -2.10. The number of sulfone groups is 1. The fourth-order valence-electron chi connectivity index (χ4n) is 1.68. The average molecular weight is 370 g/mol. The summed E-state index contributed by atoms with van der Waals surface area (Å²) in [5.74, 6) is -0.621. The maximum atomic E-state index is 12.6. The van der Waals surface area contributed by atoms with Crippen LogP contribution in [0.25, 0.3) is 0 Å². The van der Waals surface area contributed by atoms with Crippen molar-refractivity contribution >= 4 is 33.0 Å². The van der Waals surface area contributed by atoms with Gasteiger partial charge in [0.2, 0.25) is 0 Å². The Balaban J connectivity index is 2.39. The maximum Gasteiger partial charge on any atom is 0.416 e. The SMILES string of the molecule is O=S(=O)(Cc1ncc(Cl)cc1Cl)c1cccc(C(F)(F)F)c1. The molecule has 0 amide bonds. The fourth-order valence-corrected chi connectivity index (χ4v) is 3.55. The van der Waals surface area contributed by atoms with E-state index in [-0.39, 0.29) is 15.7 Å². The highest BCUT2D eigenvalue weighted by Crippen LogP contribution is 2.31. The zero-order valence-electron chi connectivity index (χ0n) is 10.7. The van der Waals surface area contributed by atoms with Gasteiger partial charge in [-0.25, -0.2) is 8.42 Å². The number of hydrogen-bond acceptors (Lipinski definition) is 3. The van der Waals surface area contributed by atoms with Crippen molar-refractivity contribution in [2.24, 2.45) is 0 Å². The second-order valence-electron chi connectivity index (χ2n) is 4.37. The number of hydrogen-bond donors (Lipinski definition) is 0. The summed E-state index contributed by atoms with van der Waals surface area (Å²) in [5.41, 5.74) is -1.02.